The minimum Gasteiger partial charge on any atom is -0.336 e. The highest BCUT2D eigenvalue weighted by Gasteiger charge is 2.25. The Morgan fingerprint density at radius 2 is 1.94 bits per heavy atom. The van der Waals surface area contributed by atoms with Gasteiger partial charge in [-0.3, -0.25) is 9.55 Å². The molecule has 1 N–H and O–H groups in total. The summed E-state index contributed by atoms with van der Waals surface area (Å²) >= 11 is 0. The Morgan fingerprint density at radius 1 is 1.09 bits per heavy atom. The van der Waals surface area contributed by atoms with Gasteiger partial charge in [-0.15, -0.1) is 5.10 Å². The molecule has 3 heterocycles. The van der Waals surface area contributed by atoms with E-state index in [2.05, 4.69) is 30.6 Å². The first-order valence-electron chi connectivity index (χ1n) is 10.2. The summed E-state index contributed by atoms with van der Waals surface area (Å²) < 4.78 is 38.6. The van der Waals surface area contributed by atoms with Crippen molar-refractivity contribution in [1.82, 2.24) is 29.9 Å². The first-order chi connectivity index (χ1) is 16.5. The summed E-state index contributed by atoms with van der Waals surface area (Å²) in [4.78, 5) is 13.1. The molecule has 3 aromatic heterocycles. The quantitative estimate of drug-likeness (QED) is 0.348. The molecular weight excluding hydrogens is 460 g/mol. The maximum Gasteiger partial charge on any atom is 0.360 e. The molecule has 0 bridgehead atoms. The molecule has 172 valence electrons. The van der Waals surface area contributed by atoms with E-state index in [1.54, 1.807) is 10.9 Å². The maximum atomic E-state index is 14.7. The number of nitrogens with one attached hydrogen (secondary N) is 1. The summed E-state index contributed by atoms with van der Waals surface area (Å²) in [6.07, 6.45) is 3.19. The van der Waals surface area contributed by atoms with Crippen LogP contribution >= 0.6 is 7.60 Å². The van der Waals surface area contributed by atoms with Crippen molar-refractivity contribution in [3.05, 3.63) is 72.3 Å². The van der Waals surface area contributed by atoms with Gasteiger partial charge in [-0.05, 0) is 42.0 Å². The van der Waals surface area contributed by atoms with Crippen LogP contribution in [0.1, 0.15) is 5.56 Å². The topological polar surface area (TPSA) is 117 Å². The smallest absolute Gasteiger partial charge is 0.336 e. The molecule has 0 unspecified atom stereocenters. The molecule has 0 fully saturated rings. The number of benzene rings is 2. The Hall–Kier alpha value is -3.79. The second-order valence-corrected chi connectivity index (χ2v) is 9.57. The van der Waals surface area contributed by atoms with E-state index in [1.165, 1.54) is 32.5 Å². The van der Waals surface area contributed by atoms with Gasteiger partial charge < -0.3 is 14.4 Å². The summed E-state index contributed by atoms with van der Waals surface area (Å²) in [5.74, 6) is -0.350. The van der Waals surface area contributed by atoms with Crippen molar-refractivity contribution in [3.63, 3.8) is 0 Å². The van der Waals surface area contributed by atoms with Crippen molar-refractivity contribution in [3.8, 4) is 0 Å². The SMILES string of the molecule is COP(=O)(OC)c1ccc(Nc2cnc3nnn(Cc4ccc5ncccc5c4)c3n2)c(F)c1. The third-order valence-electron chi connectivity index (χ3n) is 5.24. The van der Waals surface area contributed by atoms with Gasteiger partial charge in [-0.1, -0.05) is 17.3 Å². The second-order valence-electron chi connectivity index (χ2n) is 7.33. The number of pyridine rings is 1. The van der Waals surface area contributed by atoms with Crippen molar-refractivity contribution in [1.29, 1.82) is 0 Å². The van der Waals surface area contributed by atoms with Gasteiger partial charge in [-0.2, -0.15) is 0 Å². The number of hydrogen-bond acceptors (Lipinski definition) is 9. The maximum absolute atomic E-state index is 14.7. The van der Waals surface area contributed by atoms with Gasteiger partial charge in [0.2, 0.25) is 5.65 Å². The predicted molar refractivity (Wildman–Crippen MR) is 125 cm³/mol. The molecule has 0 amide bonds. The zero-order valence-corrected chi connectivity index (χ0v) is 19.1. The van der Waals surface area contributed by atoms with E-state index < -0.39 is 13.4 Å². The van der Waals surface area contributed by atoms with Gasteiger partial charge >= 0.3 is 7.60 Å². The molecule has 0 radical (unpaired) electrons. The van der Waals surface area contributed by atoms with E-state index in [4.69, 9.17) is 9.05 Å². The monoisotopic (exact) mass is 479 g/mol. The van der Waals surface area contributed by atoms with Crippen LogP contribution in [0, 0.1) is 5.82 Å². The number of hydrogen-bond donors (Lipinski definition) is 1. The minimum absolute atomic E-state index is 0.106. The lowest BCUT2D eigenvalue weighted by Crippen LogP contribution is -2.10. The van der Waals surface area contributed by atoms with Crippen molar-refractivity contribution in [2.24, 2.45) is 0 Å². The van der Waals surface area contributed by atoms with Crippen LogP contribution in [0.25, 0.3) is 22.2 Å². The molecule has 0 spiro atoms. The highest BCUT2D eigenvalue weighted by molar-refractivity contribution is 7.62. The van der Waals surface area contributed by atoms with E-state index >= 15 is 0 Å². The fourth-order valence-electron chi connectivity index (χ4n) is 3.52. The Kier molecular flexibility index (Phi) is 5.74. The molecule has 2 aromatic carbocycles. The molecule has 5 aromatic rings. The third-order valence-corrected chi connectivity index (χ3v) is 7.11. The second kappa shape index (κ2) is 8.86. The molecule has 5 rings (SSSR count). The predicted octanol–water partition coefficient (Wildman–Crippen LogP) is 3.81. The molecule has 12 heteroatoms. The molecule has 10 nitrogen and oxygen atoms in total. The molecular formula is C22H19FN7O3P. The average Bonchev–Trinajstić information content (AvgIpc) is 3.26. The summed E-state index contributed by atoms with van der Waals surface area (Å²) in [6.45, 7) is 0.422. The van der Waals surface area contributed by atoms with E-state index in [0.29, 0.717) is 23.7 Å². The average molecular weight is 479 g/mol. The Bertz CT molecular complexity index is 1550. The normalized spacial score (nSPS) is 11.9. The van der Waals surface area contributed by atoms with Crippen LogP contribution < -0.4 is 10.6 Å². The molecule has 0 aliphatic heterocycles. The summed E-state index contributed by atoms with van der Waals surface area (Å²) in [5.41, 5.74) is 2.83. The number of nitrogens with zero attached hydrogens (tertiary/aromatic N) is 6. The van der Waals surface area contributed by atoms with Crippen LogP contribution in [0.3, 0.4) is 0 Å². The fraction of sp³-hybridized carbons (Fsp3) is 0.136. The first-order valence-corrected chi connectivity index (χ1v) is 11.7. The standard InChI is InChI=1S/C22H19FN7O3P/c1-32-34(31,33-2)16-6-8-19(17(23)11-16)26-20-12-25-21-22(27-20)30(29-28-21)13-14-5-7-18-15(10-14)4-3-9-24-18/h3-12H,13H2,1-2H3,(H,26,27). The van der Waals surface area contributed by atoms with Crippen molar-refractivity contribution >= 4 is 46.6 Å². The Balaban J connectivity index is 1.42. The molecule has 34 heavy (non-hydrogen) atoms. The summed E-state index contributed by atoms with van der Waals surface area (Å²) in [5, 5.41) is 12.2. The number of aromatic nitrogens is 6. The van der Waals surface area contributed by atoms with Crippen LogP contribution in [0.4, 0.5) is 15.9 Å². The lowest BCUT2D eigenvalue weighted by atomic mass is 10.1. The zero-order valence-electron chi connectivity index (χ0n) is 18.2. The van der Waals surface area contributed by atoms with E-state index in [9.17, 15) is 8.96 Å². The van der Waals surface area contributed by atoms with Crippen molar-refractivity contribution in [2.75, 3.05) is 19.5 Å². The van der Waals surface area contributed by atoms with E-state index in [-0.39, 0.29) is 11.0 Å². The molecule has 0 atom stereocenters. The van der Waals surface area contributed by atoms with Crippen molar-refractivity contribution in [2.45, 2.75) is 6.54 Å². The van der Waals surface area contributed by atoms with E-state index in [0.717, 1.165) is 22.5 Å². The highest BCUT2D eigenvalue weighted by Crippen LogP contribution is 2.45. The van der Waals surface area contributed by atoms with E-state index in [1.807, 2.05) is 30.3 Å². The van der Waals surface area contributed by atoms with Crippen LogP contribution in [0.5, 0.6) is 0 Å². The van der Waals surface area contributed by atoms with Gasteiger partial charge in [0.15, 0.2) is 11.5 Å². The molecule has 0 saturated carbocycles. The zero-order chi connectivity index (χ0) is 23.7. The Morgan fingerprint density at radius 3 is 2.74 bits per heavy atom. The largest absolute Gasteiger partial charge is 0.360 e. The first kappa shape index (κ1) is 22.0. The van der Waals surface area contributed by atoms with Gasteiger partial charge in [0.1, 0.15) is 5.82 Å². The van der Waals surface area contributed by atoms with Crippen LogP contribution in [0.2, 0.25) is 0 Å². The Labute approximate surface area is 193 Å². The summed E-state index contributed by atoms with van der Waals surface area (Å²) in [6, 6.07) is 13.8. The van der Waals surface area contributed by atoms with Gasteiger partial charge in [0.25, 0.3) is 0 Å². The van der Waals surface area contributed by atoms with Crippen LogP contribution in [0.15, 0.2) is 60.9 Å². The number of halogens is 1. The molecule has 0 aliphatic rings. The van der Waals surface area contributed by atoms with Crippen molar-refractivity contribution < 1.29 is 18.0 Å². The molecule has 0 saturated heterocycles. The van der Waals surface area contributed by atoms with Gasteiger partial charge in [0.05, 0.1) is 29.3 Å². The summed E-state index contributed by atoms with van der Waals surface area (Å²) in [7, 11) is -1.08. The number of anilines is 2. The highest BCUT2D eigenvalue weighted by atomic mass is 31.2. The van der Waals surface area contributed by atoms with Crippen LogP contribution in [-0.2, 0) is 20.2 Å². The van der Waals surface area contributed by atoms with Crippen LogP contribution in [-0.4, -0.2) is 44.2 Å². The number of rotatable bonds is 7. The van der Waals surface area contributed by atoms with Gasteiger partial charge in [0, 0.05) is 25.8 Å². The lowest BCUT2D eigenvalue weighted by Gasteiger charge is -2.15. The fourth-order valence-corrected chi connectivity index (χ4v) is 4.62. The lowest BCUT2D eigenvalue weighted by molar-refractivity contribution is 0.287. The third kappa shape index (κ3) is 4.12. The van der Waals surface area contributed by atoms with Gasteiger partial charge in [-0.25, -0.2) is 19.0 Å². The number of fused-ring (bicyclic) bond motifs is 2. The molecule has 0 aliphatic carbocycles. The minimum atomic E-state index is -3.56.